The maximum absolute atomic E-state index is 12.7. The normalized spacial score (nSPS) is 13.0. The number of rotatable bonds is 7. The SMILES string of the molecule is COc1ccc(CCNC(=O)c2ccc3nnc(-c4ccc([S+](C)(=O)[O-])cc4)n3c2)cc1. The molecule has 9 heteroatoms. The molecule has 0 aliphatic carbocycles. The highest BCUT2D eigenvalue weighted by molar-refractivity contribution is 7.97. The summed E-state index contributed by atoms with van der Waals surface area (Å²) < 4.78 is 30.2. The predicted molar refractivity (Wildman–Crippen MR) is 120 cm³/mol. The highest BCUT2D eigenvalue weighted by Crippen LogP contribution is 2.22. The van der Waals surface area contributed by atoms with Gasteiger partial charge in [0.1, 0.15) is 12.0 Å². The topological polar surface area (TPSA) is 109 Å². The van der Waals surface area contributed by atoms with Crippen LogP contribution in [-0.2, 0) is 20.8 Å². The van der Waals surface area contributed by atoms with E-state index in [1.54, 1.807) is 42.0 Å². The van der Waals surface area contributed by atoms with Gasteiger partial charge in [-0.05, 0) is 60.5 Å². The zero-order valence-electron chi connectivity index (χ0n) is 17.6. The summed E-state index contributed by atoms with van der Waals surface area (Å²) in [5.41, 5.74) is 2.85. The summed E-state index contributed by atoms with van der Waals surface area (Å²) in [7, 11) is -1.66. The van der Waals surface area contributed by atoms with E-state index >= 15 is 0 Å². The van der Waals surface area contributed by atoms with Crippen LogP contribution in [0.2, 0.25) is 0 Å². The fraction of sp³-hybridized carbons (Fsp3) is 0.174. The maximum atomic E-state index is 12.7. The zero-order valence-corrected chi connectivity index (χ0v) is 18.5. The van der Waals surface area contributed by atoms with Crippen molar-refractivity contribution >= 4 is 21.8 Å². The van der Waals surface area contributed by atoms with Gasteiger partial charge in [-0.25, -0.2) is 0 Å². The van der Waals surface area contributed by atoms with E-state index in [9.17, 15) is 13.6 Å². The first-order valence-electron chi connectivity index (χ1n) is 9.91. The number of hydrogen-bond acceptors (Lipinski definition) is 6. The monoisotopic (exact) mass is 450 g/mol. The van der Waals surface area contributed by atoms with Gasteiger partial charge in [0, 0.05) is 18.3 Å². The van der Waals surface area contributed by atoms with Crippen LogP contribution < -0.4 is 10.1 Å². The first-order valence-corrected chi connectivity index (χ1v) is 11.8. The molecule has 0 aliphatic heterocycles. The molecule has 1 amide bonds. The Bertz CT molecular complexity index is 1290. The molecule has 1 atom stereocenters. The van der Waals surface area contributed by atoms with Gasteiger partial charge in [-0.15, -0.1) is 14.4 Å². The van der Waals surface area contributed by atoms with Crippen molar-refractivity contribution in [3.63, 3.8) is 0 Å². The molecule has 1 N–H and O–H groups in total. The fourth-order valence-corrected chi connectivity index (χ4v) is 3.92. The van der Waals surface area contributed by atoms with Gasteiger partial charge in [-0.1, -0.05) is 12.1 Å². The smallest absolute Gasteiger partial charge is 0.252 e. The molecule has 0 aliphatic rings. The summed E-state index contributed by atoms with van der Waals surface area (Å²) >= 11 is 0. The third kappa shape index (κ3) is 4.68. The van der Waals surface area contributed by atoms with Gasteiger partial charge in [0.05, 0.1) is 22.9 Å². The van der Waals surface area contributed by atoms with Crippen LogP contribution in [0.4, 0.5) is 0 Å². The van der Waals surface area contributed by atoms with Gasteiger partial charge in [0.15, 0.2) is 16.4 Å². The van der Waals surface area contributed by atoms with Gasteiger partial charge in [0.25, 0.3) is 5.91 Å². The molecule has 164 valence electrons. The molecule has 0 fully saturated rings. The lowest BCUT2D eigenvalue weighted by Crippen LogP contribution is -2.25. The van der Waals surface area contributed by atoms with Crippen molar-refractivity contribution in [2.24, 2.45) is 0 Å². The molecule has 2 heterocycles. The molecule has 32 heavy (non-hydrogen) atoms. The number of sulfone groups is 1. The molecule has 0 radical (unpaired) electrons. The zero-order chi connectivity index (χ0) is 22.7. The number of nitrogens with one attached hydrogen (secondary N) is 1. The van der Waals surface area contributed by atoms with Gasteiger partial charge >= 0.3 is 0 Å². The molecule has 0 spiro atoms. The molecule has 0 saturated heterocycles. The highest BCUT2D eigenvalue weighted by Gasteiger charge is 2.15. The van der Waals surface area contributed by atoms with Crippen molar-refractivity contribution in [3.05, 3.63) is 78.0 Å². The Morgan fingerprint density at radius 2 is 1.78 bits per heavy atom. The van der Waals surface area contributed by atoms with Crippen molar-refractivity contribution in [3.8, 4) is 17.1 Å². The van der Waals surface area contributed by atoms with Crippen molar-refractivity contribution in [2.45, 2.75) is 11.3 Å². The standard InChI is InChI=1S/C23H22N4O4S/c1-31-19-8-3-16(4-9-19)13-14-24-23(28)18-7-12-21-25-26-22(27(21)15-18)17-5-10-20(11-6-17)32(2,29)30/h3-12,15H,13-14H2,1-2H3,(H-,24,28,29,30). The molecule has 2 aromatic carbocycles. The summed E-state index contributed by atoms with van der Waals surface area (Å²) in [4.78, 5) is 12.9. The van der Waals surface area contributed by atoms with Crippen molar-refractivity contribution in [2.75, 3.05) is 19.9 Å². The number of carbonyl (C=O) groups excluding carboxylic acids is 1. The van der Waals surface area contributed by atoms with E-state index in [0.29, 0.717) is 35.6 Å². The maximum Gasteiger partial charge on any atom is 0.252 e. The summed E-state index contributed by atoms with van der Waals surface area (Å²) in [5, 5.41) is 11.3. The minimum atomic E-state index is -3.28. The van der Waals surface area contributed by atoms with Gasteiger partial charge < -0.3 is 14.6 Å². The number of aromatic nitrogens is 3. The number of methoxy groups -OCH3 is 1. The third-order valence-corrected chi connectivity index (χ3v) is 6.19. The Hall–Kier alpha value is -3.56. The molecule has 4 aromatic rings. The van der Waals surface area contributed by atoms with Gasteiger partial charge in [-0.3, -0.25) is 9.20 Å². The van der Waals surface area contributed by atoms with Crippen molar-refractivity contribution < 1.29 is 18.3 Å². The largest absolute Gasteiger partial charge is 0.610 e. The molecule has 0 bridgehead atoms. The van der Waals surface area contributed by atoms with Crippen LogP contribution in [0, 0.1) is 0 Å². The minimum absolute atomic E-state index is 0.201. The van der Waals surface area contributed by atoms with E-state index in [1.165, 1.54) is 12.1 Å². The van der Waals surface area contributed by atoms with Gasteiger partial charge in [-0.2, -0.15) is 0 Å². The lowest BCUT2D eigenvalue weighted by Gasteiger charge is -2.09. The molecule has 1 unspecified atom stereocenters. The lowest BCUT2D eigenvalue weighted by atomic mass is 10.1. The number of benzene rings is 2. The molecule has 4 rings (SSSR count). The van der Waals surface area contributed by atoms with Crippen LogP contribution >= 0.6 is 0 Å². The second kappa shape index (κ2) is 8.89. The number of ether oxygens (including phenoxy) is 1. The van der Waals surface area contributed by atoms with E-state index in [4.69, 9.17) is 4.74 Å². The first kappa shape index (κ1) is 21.7. The number of fused-ring (bicyclic) bond motifs is 1. The predicted octanol–water partition coefficient (Wildman–Crippen LogP) is 3.00. The molecule has 2 aromatic heterocycles. The number of pyridine rings is 1. The van der Waals surface area contributed by atoms with Crippen LogP contribution in [0.3, 0.4) is 0 Å². The molecule has 0 saturated carbocycles. The second-order valence-electron chi connectivity index (χ2n) is 7.32. The first-order chi connectivity index (χ1) is 15.3. The number of hydrogen-bond donors (Lipinski definition) is 1. The van der Waals surface area contributed by atoms with E-state index in [1.807, 2.05) is 24.3 Å². The van der Waals surface area contributed by atoms with Crippen LogP contribution in [0.15, 0.2) is 71.8 Å². The summed E-state index contributed by atoms with van der Waals surface area (Å²) in [6, 6.07) is 17.5. The quantitative estimate of drug-likeness (QED) is 0.434. The summed E-state index contributed by atoms with van der Waals surface area (Å²) in [6.45, 7) is 0.491. The summed E-state index contributed by atoms with van der Waals surface area (Å²) in [5.74, 6) is 1.11. The van der Waals surface area contributed by atoms with Crippen LogP contribution in [0.5, 0.6) is 5.75 Å². The Morgan fingerprint density at radius 3 is 2.44 bits per heavy atom. The second-order valence-corrected chi connectivity index (χ2v) is 9.34. The number of amides is 1. The molecular formula is C23H22N4O4S. The minimum Gasteiger partial charge on any atom is -0.610 e. The molecular weight excluding hydrogens is 428 g/mol. The Balaban J connectivity index is 1.49. The molecule has 8 nitrogen and oxygen atoms in total. The third-order valence-electron chi connectivity index (χ3n) is 5.06. The van der Waals surface area contributed by atoms with Crippen LogP contribution in [-0.4, -0.2) is 45.0 Å². The van der Waals surface area contributed by atoms with Crippen LogP contribution in [0.25, 0.3) is 17.0 Å². The lowest BCUT2D eigenvalue weighted by molar-refractivity contribution is 0.0953. The van der Waals surface area contributed by atoms with E-state index < -0.39 is 10.2 Å². The average Bonchev–Trinajstić information content (AvgIpc) is 3.22. The fourth-order valence-electron chi connectivity index (χ4n) is 3.29. The Kier molecular flexibility index (Phi) is 6.02. The average molecular weight is 451 g/mol. The van der Waals surface area contributed by atoms with Crippen molar-refractivity contribution in [1.82, 2.24) is 19.9 Å². The van der Waals surface area contributed by atoms with E-state index in [0.717, 1.165) is 17.6 Å². The number of carbonyl (C=O) groups is 1. The summed E-state index contributed by atoms with van der Waals surface area (Å²) in [6.07, 6.45) is 3.54. The van der Waals surface area contributed by atoms with Crippen molar-refractivity contribution in [1.29, 1.82) is 0 Å². The Morgan fingerprint density at radius 1 is 1.06 bits per heavy atom. The number of nitrogens with zero attached hydrogens (tertiary/aromatic N) is 3. The Labute approximate surface area is 186 Å². The highest BCUT2D eigenvalue weighted by atomic mass is 32.3. The van der Waals surface area contributed by atoms with Crippen LogP contribution in [0.1, 0.15) is 15.9 Å². The van der Waals surface area contributed by atoms with Gasteiger partial charge in [0.2, 0.25) is 0 Å². The van der Waals surface area contributed by atoms with E-state index in [2.05, 4.69) is 15.5 Å². The van der Waals surface area contributed by atoms with E-state index in [-0.39, 0.29) is 10.8 Å².